The number of hydrogen-bond donors (Lipinski definition) is 2. The smallest absolute Gasteiger partial charge is 0.229 e. The molecule has 2 aromatic heterocycles. The summed E-state index contributed by atoms with van der Waals surface area (Å²) in [5.41, 5.74) is 4.75. The summed E-state index contributed by atoms with van der Waals surface area (Å²) in [5, 5.41) is 0. The quantitative estimate of drug-likeness (QED) is 0.523. The molecule has 0 unspecified atom stereocenters. The highest BCUT2D eigenvalue weighted by molar-refractivity contribution is 7.92. The van der Waals surface area contributed by atoms with Crippen LogP contribution in [0.15, 0.2) is 42.6 Å². The van der Waals surface area contributed by atoms with Gasteiger partial charge < -0.3 is 19.5 Å². The molecule has 9 nitrogen and oxygen atoms in total. The van der Waals surface area contributed by atoms with Gasteiger partial charge in [-0.05, 0) is 61.4 Å². The number of morpholine rings is 1. The first-order valence-corrected chi connectivity index (χ1v) is 14.5. The van der Waals surface area contributed by atoms with Gasteiger partial charge in [-0.25, -0.2) is 18.4 Å². The van der Waals surface area contributed by atoms with E-state index in [1.165, 1.54) is 31.9 Å². The third kappa shape index (κ3) is 4.92. The van der Waals surface area contributed by atoms with E-state index in [1.807, 2.05) is 36.5 Å². The molecule has 3 fully saturated rings. The summed E-state index contributed by atoms with van der Waals surface area (Å²) in [4.78, 5) is 17.7. The molecule has 0 atom stereocenters. The van der Waals surface area contributed by atoms with Gasteiger partial charge in [-0.2, -0.15) is 0 Å². The Kier molecular flexibility index (Phi) is 5.88. The molecular formula is C26H32N6O3S. The number of nitrogens with one attached hydrogen (secondary N) is 2. The summed E-state index contributed by atoms with van der Waals surface area (Å²) >= 11 is 0. The van der Waals surface area contributed by atoms with Crippen LogP contribution in [0.1, 0.15) is 25.7 Å². The Hall–Kier alpha value is -3.11. The standard InChI is InChI=1S/C26H32N6O3S/c1-36(33,34)30-19-5-6-20(23(17-19)31-11-9-26(7-8-26)10-12-31)25-27-18-22(29-25)21-3-2-4-24(28-21)32-13-15-35-16-14-32/h2-6,17-18,30H,7-16H2,1H3,(H,27,29). The monoisotopic (exact) mass is 508 g/mol. The maximum Gasteiger partial charge on any atom is 0.229 e. The van der Waals surface area contributed by atoms with Crippen molar-refractivity contribution in [2.45, 2.75) is 25.7 Å². The molecule has 10 heteroatoms. The molecule has 2 N–H and O–H groups in total. The highest BCUT2D eigenvalue weighted by Gasteiger charge is 2.44. The van der Waals surface area contributed by atoms with E-state index in [2.05, 4.69) is 19.5 Å². The minimum absolute atomic E-state index is 0.550. The van der Waals surface area contributed by atoms with Crippen LogP contribution in [-0.4, -0.2) is 69.0 Å². The average molecular weight is 509 g/mol. The minimum atomic E-state index is -3.37. The van der Waals surface area contributed by atoms with Crippen molar-refractivity contribution < 1.29 is 13.2 Å². The largest absolute Gasteiger partial charge is 0.378 e. The number of H-pyrrole nitrogens is 1. The topological polar surface area (TPSA) is 103 Å². The molecule has 0 amide bonds. The number of benzene rings is 1. The van der Waals surface area contributed by atoms with Crippen molar-refractivity contribution in [1.29, 1.82) is 0 Å². The van der Waals surface area contributed by atoms with Gasteiger partial charge in [0.1, 0.15) is 11.6 Å². The van der Waals surface area contributed by atoms with Crippen molar-refractivity contribution in [1.82, 2.24) is 15.0 Å². The van der Waals surface area contributed by atoms with Crippen LogP contribution in [0, 0.1) is 5.41 Å². The van der Waals surface area contributed by atoms with E-state index in [4.69, 9.17) is 14.7 Å². The molecule has 0 radical (unpaired) electrons. The third-order valence-electron chi connectivity index (χ3n) is 7.60. The number of nitrogens with zero attached hydrogens (tertiary/aromatic N) is 4. The lowest BCUT2D eigenvalue weighted by Crippen LogP contribution is -2.36. The van der Waals surface area contributed by atoms with Gasteiger partial charge in [-0.1, -0.05) is 6.07 Å². The number of rotatable bonds is 6. The number of sulfonamides is 1. The van der Waals surface area contributed by atoms with Crippen molar-refractivity contribution in [2.24, 2.45) is 5.41 Å². The van der Waals surface area contributed by atoms with E-state index < -0.39 is 10.0 Å². The van der Waals surface area contributed by atoms with Crippen molar-refractivity contribution >= 4 is 27.2 Å². The molecule has 1 saturated carbocycles. The van der Waals surface area contributed by atoms with E-state index in [9.17, 15) is 8.42 Å². The summed E-state index contributed by atoms with van der Waals surface area (Å²) in [6.07, 6.45) is 8.02. The molecule has 1 spiro atoms. The zero-order valence-electron chi connectivity index (χ0n) is 20.5. The third-order valence-corrected chi connectivity index (χ3v) is 8.21. The van der Waals surface area contributed by atoms with Gasteiger partial charge >= 0.3 is 0 Å². The Morgan fingerprint density at radius 2 is 1.78 bits per heavy atom. The van der Waals surface area contributed by atoms with Gasteiger partial charge in [-0.3, -0.25) is 4.72 Å². The zero-order valence-corrected chi connectivity index (χ0v) is 21.4. The maximum atomic E-state index is 11.9. The van der Waals surface area contributed by atoms with Gasteiger partial charge in [-0.15, -0.1) is 0 Å². The summed E-state index contributed by atoms with van der Waals surface area (Å²) in [5.74, 6) is 1.68. The van der Waals surface area contributed by atoms with E-state index in [0.29, 0.717) is 24.3 Å². The number of anilines is 3. The molecule has 1 aromatic carbocycles. The van der Waals surface area contributed by atoms with E-state index in [-0.39, 0.29) is 0 Å². The Morgan fingerprint density at radius 3 is 2.50 bits per heavy atom. The second-order valence-electron chi connectivity index (χ2n) is 10.2. The van der Waals surface area contributed by atoms with Crippen LogP contribution >= 0.6 is 0 Å². The molecule has 6 rings (SSSR count). The fourth-order valence-corrected chi connectivity index (χ4v) is 5.86. The van der Waals surface area contributed by atoms with Gasteiger partial charge in [0.25, 0.3) is 0 Å². The minimum Gasteiger partial charge on any atom is -0.378 e. The van der Waals surface area contributed by atoms with E-state index in [1.54, 1.807) is 6.07 Å². The van der Waals surface area contributed by atoms with Crippen LogP contribution in [-0.2, 0) is 14.8 Å². The Bertz CT molecular complexity index is 1350. The van der Waals surface area contributed by atoms with Crippen LogP contribution in [0.5, 0.6) is 0 Å². The fraction of sp³-hybridized carbons (Fsp3) is 0.462. The molecule has 36 heavy (non-hydrogen) atoms. The summed E-state index contributed by atoms with van der Waals surface area (Å²) in [6.45, 7) is 5.02. The summed E-state index contributed by atoms with van der Waals surface area (Å²) in [7, 11) is -3.37. The zero-order chi connectivity index (χ0) is 24.8. The number of aromatic nitrogens is 3. The number of ether oxygens (including phenoxy) is 1. The van der Waals surface area contributed by atoms with Crippen LogP contribution in [0.3, 0.4) is 0 Å². The van der Waals surface area contributed by atoms with Gasteiger partial charge in [0, 0.05) is 37.4 Å². The van der Waals surface area contributed by atoms with Crippen LogP contribution in [0.25, 0.3) is 22.8 Å². The van der Waals surface area contributed by atoms with Crippen LogP contribution < -0.4 is 14.5 Å². The normalized spacial score (nSPS) is 19.5. The van der Waals surface area contributed by atoms with Gasteiger partial charge in [0.05, 0.1) is 42.7 Å². The molecule has 2 aliphatic heterocycles. The lowest BCUT2D eigenvalue weighted by molar-refractivity contribution is 0.122. The van der Waals surface area contributed by atoms with Crippen LogP contribution in [0.2, 0.25) is 0 Å². The Labute approximate surface area is 211 Å². The fourth-order valence-electron chi connectivity index (χ4n) is 5.30. The second kappa shape index (κ2) is 9.08. The number of piperidine rings is 1. The molecule has 3 aromatic rings. The predicted molar refractivity (Wildman–Crippen MR) is 142 cm³/mol. The number of pyridine rings is 1. The highest BCUT2D eigenvalue weighted by atomic mass is 32.2. The molecule has 3 aliphatic rings. The first-order valence-electron chi connectivity index (χ1n) is 12.6. The van der Waals surface area contributed by atoms with Crippen molar-refractivity contribution in [3.05, 3.63) is 42.6 Å². The molecule has 0 bridgehead atoms. The Morgan fingerprint density at radius 1 is 1.00 bits per heavy atom. The predicted octanol–water partition coefficient (Wildman–Crippen LogP) is 3.73. The van der Waals surface area contributed by atoms with Crippen molar-refractivity contribution in [3.8, 4) is 22.8 Å². The maximum absolute atomic E-state index is 11.9. The Balaban J connectivity index is 1.31. The molecular weight excluding hydrogens is 476 g/mol. The van der Waals surface area contributed by atoms with Crippen molar-refractivity contribution in [2.75, 3.05) is 60.2 Å². The first kappa shape index (κ1) is 23.3. The van der Waals surface area contributed by atoms with Crippen LogP contribution in [0.4, 0.5) is 17.2 Å². The number of hydrogen-bond acceptors (Lipinski definition) is 7. The first-order chi connectivity index (χ1) is 17.4. The summed E-state index contributed by atoms with van der Waals surface area (Å²) in [6, 6.07) is 11.7. The second-order valence-corrected chi connectivity index (χ2v) is 12.0. The van der Waals surface area contributed by atoms with E-state index in [0.717, 1.165) is 60.5 Å². The molecule has 4 heterocycles. The van der Waals surface area contributed by atoms with Gasteiger partial charge in [0.2, 0.25) is 10.0 Å². The number of aromatic amines is 1. The summed E-state index contributed by atoms with van der Waals surface area (Å²) < 4.78 is 31.9. The average Bonchev–Trinajstić information content (AvgIpc) is 3.44. The molecule has 2 saturated heterocycles. The highest BCUT2D eigenvalue weighted by Crippen LogP contribution is 2.54. The lowest BCUT2D eigenvalue weighted by atomic mass is 9.93. The van der Waals surface area contributed by atoms with Gasteiger partial charge in [0.15, 0.2) is 0 Å². The molecule has 190 valence electrons. The SMILES string of the molecule is CS(=O)(=O)Nc1ccc(-c2ncc(-c3cccc(N4CCOCC4)n3)[nH]2)c(N2CCC3(CC2)CC3)c1. The number of imidazole rings is 1. The lowest BCUT2D eigenvalue weighted by Gasteiger charge is -2.35. The molecule has 1 aliphatic carbocycles. The van der Waals surface area contributed by atoms with E-state index >= 15 is 0 Å². The van der Waals surface area contributed by atoms with Crippen molar-refractivity contribution in [3.63, 3.8) is 0 Å².